The molecule has 0 spiro atoms. The maximum atomic E-state index is 11.0. The van der Waals surface area contributed by atoms with Crippen LogP contribution in [-0.2, 0) is 6.42 Å². The Morgan fingerprint density at radius 3 is 2.80 bits per heavy atom. The minimum Gasteiger partial charge on any atom is -0.314 e. The molecule has 1 aliphatic rings. The van der Waals surface area contributed by atoms with Crippen molar-refractivity contribution >= 4 is 5.69 Å². The van der Waals surface area contributed by atoms with Gasteiger partial charge in [-0.1, -0.05) is 19.1 Å². The summed E-state index contributed by atoms with van der Waals surface area (Å²) >= 11 is 0. The van der Waals surface area contributed by atoms with E-state index in [0.717, 1.165) is 42.9 Å². The first-order valence-electron chi connectivity index (χ1n) is 7.59. The molecule has 1 fully saturated rings. The molecule has 0 aliphatic heterocycles. The van der Waals surface area contributed by atoms with Crippen molar-refractivity contribution in [1.29, 1.82) is 0 Å². The predicted molar refractivity (Wildman–Crippen MR) is 81.0 cm³/mol. The molecule has 4 nitrogen and oxygen atoms in total. The second kappa shape index (κ2) is 6.84. The van der Waals surface area contributed by atoms with Crippen molar-refractivity contribution in [2.24, 2.45) is 5.92 Å². The van der Waals surface area contributed by atoms with Crippen LogP contribution in [0.5, 0.6) is 0 Å². The van der Waals surface area contributed by atoms with Gasteiger partial charge in [-0.25, -0.2) is 0 Å². The fourth-order valence-electron chi connectivity index (χ4n) is 2.78. The molecule has 0 heterocycles. The van der Waals surface area contributed by atoms with Crippen LogP contribution >= 0.6 is 0 Å². The van der Waals surface area contributed by atoms with Crippen LogP contribution in [0.25, 0.3) is 0 Å². The maximum absolute atomic E-state index is 11.0. The molecule has 1 aliphatic carbocycles. The van der Waals surface area contributed by atoms with Gasteiger partial charge in [0, 0.05) is 17.7 Å². The molecule has 1 aromatic rings. The average molecular weight is 276 g/mol. The Bertz CT molecular complexity index is 470. The molecule has 4 heteroatoms. The Morgan fingerprint density at radius 1 is 1.45 bits per heavy atom. The maximum Gasteiger partial charge on any atom is 0.272 e. The summed E-state index contributed by atoms with van der Waals surface area (Å²) in [6.45, 7) is 5.11. The van der Waals surface area contributed by atoms with Gasteiger partial charge in [0.2, 0.25) is 0 Å². The molecule has 0 saturated heterocycles. The number of nitro benzene ring substituents is 1. The van der Waals surface area contributed by atoms with Crippen LogP contribution in [-0.4, -0.2) is 17.5 Å². The zero-order valence-electron chi connectivity index (χ0n) is 12.4. The minimum absolute atomic E-state index is 0.243. The minimum atomic E-state index is -0.285. The number of hydrogen-bond donors (Lipinski definition) is 1. The Kier molecular flexibility index (Phi) is 5.12. The summed E-state index contributed by atoms with van der Waals surface area (Å²) in [4.78, 5) is 10.7. The van der Waals surface area contributed by atoms with E-state index in [0.29, 0.717) is 6.04 Å². The van der Waals surface area contributed by atoms with Gasteiger partial charge in [0.15, 0.2) is 0 Å². The van der Waals surface area contributed by atoms with Gasteiger partial charge < -0.3 is 5.32 Å². The molecule has 0 amide bonds. The second-order valence-electron chi connectivity index (χ2n) is 5.76. The molecule has 1 aromatic carbocycles. The summed E-state index contributed by atoms with van der Waals surface area (Å²) in [7, 11) is 0. The lowest BCUT2D eigenvalue weighted by molar-refractivity contribution is -0.385. The van der Waals surface area contributed by atoms with E-state index in [9.17, 15) is 10.1 Å². The number of benzene rings is 1. The second-order valence-corrected chi connectivity index (χ2v) is 5.76. The van der Waals surface area contributed by atoms with Gasteiger partial charge in [-0.3, -0.25) is 10.1 Å². The normalized spacial score (nSPS) is 16.1. The number of nitro groups is 1. The lowest BCUT2D eigenvalue weighted by Crippen LogP contribution is -2.32. The number of hydrogen-bond acceptors (Lipinski definition) is 3. The summed E-state index contributed by atoms with van der Waals surface area (Å²) in [5, 5.41) is 14.6. The number of rotatable bonds is 8. The molecule has 0 aromatic heterocycles. The topological polar surface area (TPSA) is 55.2 Å². The highest BCUT2D eigenvalue weighted by Crippen LogP contribution is 2.35. The third-order valence-electron chi connectivity index (χ3n) is 4.19. The van der Waals surface area contributed by atoms with E-state index in [1.54, 1.807) is 12.1 Å². The molecule has 2 rings (SSSR count). The van der Waals surface area contributed by atoms with Crippen molar-refractivity contribution < 1.29 is 4.92 Å². The van der Waals surface area contributed by atoms with Crippen molar-refractivity contribution in [3.8, 4) is 0 Å². The summed E-state index contributed by atoms with van der Waals surface area (Å²) in [5.74, 6) is 0.820. The van der Waals surface area contributed by atoms with E-state index >= 15 is 0 Å². The van der Waals surface area contributed by atoms with Crippen LogP contribution in [0.1, 0.15) is 43.7 Å². The van der Waals surface area contributed by atoms with E-state index in [-0.39, 0.29) is 10.6 Å². The first-order valence-corrected chi connectivity index (χ1v) is 7.59. The Labute approximate surface area is 120 Å². The fraction of sp³-hybridized carbons (Fsp3) is 0.625. The third-order valence-corrected chi connectivity index (χ3v) is 4.19. The van der Waals surface area contributed by atoms with Crippen LogP contribution in [0.2, 0.25) is 0 Å². The Morgan fingerprint density at radius 2 is 2.20 bits per heavy atom. The zero-order valence-corrected chi connectivity index (χ0v) is 12.4. The van der Waals surface area contributed by atoms with E-state index in [2.05, 4.69) is 12.2 Å². The molecule has 0 bridgehead atoms. The van der Waals surface area contributed by atoms with Crippen LogP contribution in [0.15, 0.2) is 18.2 Å². The fourth-order valence-corrected chi connectivity index (χ4v) is 2.78. The van der Waals surface area contributed by atoms with Gasteiger partial charge in [0.05, 0.1) is 4.92 Å². The summed E-state index contributed by atoms with van der Waals surface area (Å²) in [6, 6.07) is 5.98. The van der Waals surface area contributed by atoms with Crippen LogP contribution in [0.3, 0.4) is 0 Å². The largest absolute Gasteiger partial charge is 0.314 e. The summed E-state index contributed by atoms with van der Waals surface area (Å²) in [6.07, 6.45) is 5.81. The van der Waals surface area contributed by atoms with E-state index in [1.165, 1.54) is 12.8 Å². The molecular formula is C16H24N2O2. The Hall–Kier alpha value is -1.42. The summed E-state index contributed by atoms with van der Waals surface area (Å²) < 4.78 is 0. The predicted octanol–water partition coefficient (Wildman–Crippen LogP) is 3.61. The molecule has 1 unspecified atom stereocenters. The number of aryl methyl sites for hydroxylation is 1. The van der Waals surface area contributed by atoms with Gasteiger partial charge in [-0.15, -0.1) is 0 Å². The molecule has 0 radical (unpaired) electrons. The Balaban J connectivity index is 1.98. The van der Waals surface area contributed by atoms with Gasteiger partial charge in [-0.2, -0.15) is 0 Å². The van der Waals surface area contributed by atoms with Gasteiger partial charge in [-0.05, 0) is 57.1 Å². The lowest BCUT2D eigenvalue weighted by atomic mass is 9.98. The highest BCUT2D eigenvalue weighted by atomic mass is 16.6. The quantitative estimate of drug-likeness (QED) is 0.583. The lowest BCUT2D eigenvalue weighted by Gasteiger charge is -2.18. The van der Waals surface area contributed by atoms with E-state index < -0.39 is 0 Å². The number of nitrogens with zero attached hydrogens (tertiary/aromatic N) is 1. The van der Waals surface area contributed by atoms with Crippen molar-refractivity contribution in [2.75, 3.05) is 6.54 Å². The average Bonchev–Trinajstić information content (AvgIpc) is 3.24. The monoisotopic (exact) mass is 276 g/mol. The van der Waals surface area contributed by atoms with E-state index in [4.69, 9.17) is 0 Å². The standard InChI is InChI=1S/C16H24N2O2/c1-3-11-17-15(14-7-8-14)10-9-13-5-4-6-16(12(13)2)18(19)20/h4-6,14-15,17H,3,7-11H2,1-2H3. The van der Waals surface area contributed by atoms with Gasteiger partial charge in [0.1, 0.15) is 0 Å². The van der Waals surface area contributed by atoms with Crippen molar-refractivity contribution in [3.63, 3.8) is 0 Å². The zero-order chi connectivity index (χ0) is 14.5. The first kappa shape index (κ1) is 15.0. The SMILES string of the molecule is CCCNC(CCc1cccc([N+](=O)[O-])c1C)C1CC1. The molecular weight excluding hydrogens is 252 g/mol. The highest BCUT2D eigenvalue weighted by molar-refractivity contribution is 5.44. The van der Waals surface area contributed by atoms with Crippen molar-refractivity contribution in [1.82, 2.24) is 5.32 Å². The first-order chi connectivity index (χ1) is 9.63. The van der Waals surface area contributed by atoms with E-state index in [1.807, 2.05) is 13.0 Å². The highest BCUT2D eigenvalue weighted by Gasteiger charge is 2.30. The molecule has 1 saturated carbocycles. The molecule has 20 heavy (non-hydrogen) atoms. The van der Waals surface area contributed by atoms with Crippen LogP contribution in [0.4, 0.5) is 5.69 Å². The van der Waals surface area contributed by atoms with Gasteiger partial charge >= 0.3 is 0 Å². The molecule has 1 atom stereocenters. The number of nitrogens with one attached hydrogen (secondary N) is 1. The molecule has 110 valence electrons. The van der Waals surface area contributed by atoms with Crippen LogP contribution < -0.4 is 5.32 Å². The molecule has 1 N–H and O–H groups in total. The third kappa shape index (κ3) is 3.79. The van der Waals surface area contributed by atoms with Crippen molar-refractivity contribution in [3.05, 3.63) is 39.4 Å². The van der Waals surface area contributed by atoms with Crippen molar-refractivity contribution in [2.45, 2.75) is 52.0 Å². The van der Waals surface area contributed by atoms with Gasteiger partial charge in [0.25, 0.3) is 5.69 Å². The summed E-state index contributed by atoms with van der Waals surface area (Å²) in [5.41, 5.74) is 2.18. The smallest absolute Gasteiger partial charge is 0.272 e. The van der Waals surface area contributed by atoms with Crippen LogP contribution in [0, 0.1) is 23.0 Å².